The molecule has 1 saturated heterocycles. The number of hydrogen-bond acceptors (Lipinski definition) is 7. The van der Waals surface area contributed by atoms with E-state index in [1.54, 1.807) is 35.4 Å². The fourth-order valence-electron chi connectivity index (χ4n) is 3.40. The van der Waals surface area contributed by atoms with E-state index in [4.69, 9.17) is 4.74 Å². The average molecular weight is 425 g/mol. The fraction of sp³-hybridized carbons (Fsp3) is 0.333. The van der Waals surface area contributed by atoms with E-state index in [0.29, 0.717) is 36.0 Å². The van der Waals surface area contributed by atoms with Gasteiger partial charge in [0.2, 0.25) is 11.9 Å². The molecule has 2 N–H and O–H groups in total. The first-order valence-electron chi connectivity index (χ1n) is 9.99. The molecule has 0 bridgehead atoms. The van der Waals surface area contributed by atoms with Crippen LogP contribution in [0.3, 0.4) is 0 Å². The first-order chi connectivity index (χ1) is 15.0. The number of anilines is 2. The first-order valence-corrected chi connectivity index (χ1v) is 9.99. The number of nitrogens with one attached hydrogen (secondary N) is 2. The topological polar surface area (TPSA) is 97.2 Å². The maximum Gasteiger partial charge on any atom is 0.244 e. The highest BCUT2D eigenvalue weighted by atomic mass is 19.1. The molecule has 2 aromatic heterocycles. The average Bonchev–Trinajstić information content (AvgIpc) is 3.22. The fourth-order valence-corrected chi connectivity index (χ4v) is 3.40. The van der Waals surface area contributed by atoms with Gasteiger partial charge in [-0.25, -0.2) is 14.4 Å². The van der Waals surface area contributed by atoms with Crippen LogP contribution in [-0.2, 0) is 11.3 Å². The van der Waals surface area contributed by atoms with Crippen LogP contribution in [0.25, 0.3) is 11.3 Å². The molecule has 0 atom stereocenters. The van der Waals surface area contributed by atoms with Crippen LogP contribution in [0.15, 0.2) is 36.8 Å². The molecule has 31 heavy (non-hydrogen) atoms. The number of carbonyl (C=O) groups is 1. The Hall–Kier alpha value is -3.53. The van der Waals surface area contributed by atoms with Gasteiger partial charge in [-0.1, -0.05) is 0 Å². The lowest BCUT2D eigenvalue weighted by Gasteiger charge is -2.27. The van der Waals surface area contributed by atoms with Crippen molar-refractivity contribution in [2.45, 2.75) is 13.5 Å². The number of nitrogens with zero attached hydrogens (tertiary/aromatic N) is 5. The van der Waals surface area contributed by atoms with E-state index in [-0.39, 0.29) is 18.2 Å². The second kappa shape index (κ2) is 9.09. The Morgan fingerprint density at radius 2 is 2.10 bits per heavy atom. The summed E-state index contributed by atoms with van der Waals surface area (Å²) in [5, 5.41) is 10.6. The van der Waals surface area contributed by atoms with Crippen molar-refractivity contribution in [3.8, 4) is 17.0 Å². The molecule has 1 amide bonds. The third-order valence-electron chi connectivity index (χ3n) is 5.05. The van der Waals surface area contributed by atoms with E-state index < -0.39 is 5.82 Å². The van der Waals surface area contributed by atoms with E-state index in [1.165, 1.54) is 13.2 Å². The third-order valence-corrected chi connectivity index (χ3v) is 5.05. The summed E-state index contributed by atoms with van der Waals surface area (Å²) in [5.41, 5.74) is 2.70. The number of hydrogen-bond donors (Lipinski definition) is 2. The van der Waals surface area contributed by atoms with Crippen molar-refractivity contribution < 1.29 is 13.9 Å². The highest BCUT2D eigenvalue weighted by molar-refractivity contribution is 5.76. The van der Waals surface area contributed by atoms with Crippen LogP contribution in [0.5, 0.6) is 5.75 Å². The van der Waals surface area contributed by atoms with Gasteiger partial charge in [0.15, 0.2) is 11.6 Å². The van der Waals surface area contributed by atoms with E-state index in [1.807, 2.05) is 11.8 Å². The van der Waals surface area contributed by atoms with Gasteiger partial charge in [-0.05, 0) is 30.7 Å². The van der Waals surface area contributed by atoms with Crippen LogP contribution in [0.1, 0.15) is 5.56 Å². The van der Waals surface area contributed by atoms with Crippen LogP contribution in [0.4, 0.5) is 16.0 Å². The molecule has 1 aliphatic rings. The molecule has 9 nitrogen and oxygen atoms in total. The molecule has 1 fully saturated rings. The molecular formula is C21H24FN7O2. The molecule has 0 unspecified atom stereocenters. The van der Waals surface area contributed by atoms with Crippen molar-refractivity contribution in [3.05, 3.63) is 48.2 Å². The monoisotopic (exact) mass is 425 g/mol. The van der Waals surface area contributed by atoms with Crippen LogP contribution in [-0.4, -0.2) is 63.8 Å². The van der Waals surface area contributed by atoms with Gasteiger partial charge in [-0.3, -0.25) is 9.48 Å². The Labute approximate surface area is 179 Å². The molecule has 1 aliphatic heterocycles. The van der Waals surface area contributed by atoms with Gasteiger partial charge in [-0.2, -0.15) is 5.10 Å². The predicted octanol–water partition coefficient (Wildman–Crippen LogP) is 1.97. The number of aromatic nitrogens is 4. The van der Waals surface area contributed by atoms with Gasteiger partial charge >= 0.3 is 0 Å². The van der Waals surface area contributed by atoms with Gasteiger partial charge in [0.1, 0.15) is 6.54 Å². The molecule has 0 spiro atoms. The summed E-state index contributed by atoms with van der Waals surface area (Å²) in [6, 6.07) is 4.71. The molecule has 162 valence electrons. The summed E-state index contributed by atoms with van der Waals surface area (Å²) >= 11 is 0. The van der Waals surface area contributed by atoms with Crippen molar-refractivity contribution in [1.29, 1.82) is 0 Å². The number of ether oxygens (including phenoxy) is 1. The summed E-state index contributed by atoms with van der Waals surface area (Å²) in [5.74, 6) is 0.107. The molecule has 4 rings (SSSR count). The smallest absolute Gasteiger partial charge is 0.244 e. The number of aryl methyl sites for hydroxylation is 1. The lowest BCUT2D eigenvalue weighted by molar-refractivity contribution is -0.132. The minimum absolute atomic E-state index is 0.0338. The zero-order valence-corrected chi connectivity index (χ0v) is 17.4. The second-order valence-corrected chi connectivity index (χ2v) is 7.26. The third kappa shape index (κ3) is 4.80. The van der Waals surface area contributed by atoms with Crippen molar-refractivity contribution >= 4 is 17.5 Å². The summed E-state index contributed by atoms with van der Waals surface area (Å²) < 4.78 is 20.7. The molecular weight excluding hydrogens is 401 g/mol. The minimum Gasteiger partial charge on any atom is -0.494 e. The summed E-state index contributed by atoms with van der Waals surface area (Å²) in [7, 11) is 1.42. The Bertz CT molecular complexity index is 1080. The van der Waals surface area contributed by atoms with Crippen molar-refractivity contribution in [1.82, 2.24) is 30.0 Å². The van der Waals surface area contributed by atoms with Crippen LogP contribution in [0.2, 0.25) is 0 Å². The van der Waals surface area contributed by atoms with E-state index in [0.717, 1.165) is 18.7 Å². The quantitative estimate of drug-likeness (QED) is 0.623. The van der Waals surface area contributed by atoms with Gasteiger partial charge in [0.25, 0.3) is 0 Å². The highest BCUT2D eigenvalue weighted by Gasteiger charge is 2.17. The van der Waals surface area contributed by atoms with Gasteiger partial charge in [-0.15, -0.1) is 0 Å². The number of piperazine rings is 1. The minimum atomic E-state index is -0.456. The van der Waals surface area contributed by atoms with Gasteiger partial charge in [0, 0.05) is 44.1 Å². The summed E-state index contributed by atoms with van der Waals surface area (Å²) in [4.78, 5) is 23.1. The zero-order valence-electron chi connectivity index (χ0n) is 17.4. The summed E-state index contributed by atoms with van der Waals surface area (Å²) in [6.45, 7) is 5.06. The molecule has 3 aromatic rings. The molecule has 1 aromatic carbocycles. The van der Waals surface area contributed by atoms with Crippen LogP contribution < -0.4 is 15.4 Å². The highest BCUT2D eigenvalue weighted by Crippen LogP contribution is 2.27. The number of carbonyl (C=O) groups excluding carboxylic acids is 1. The lowest BCUT2D eigenvalue weighted by atomic mass is 10.1. The molecule has 0 saturated carbocycles. The standard InChI is InChI=1S/C21H24FN7O2/c1-14-10-24-21(27-20(14)15-3-4-18(31-2)17(22)9-15)26-16-11-25-29(12-16)13-19(30)28-7-5-23-6-8-28/h3-4,9-12,23H,5-8,13H2,1-2H3,(H,24,26,27). The number of halogens is 1. The van der Waals surface area contributed by atoms with Crippen LogP contribution >= 0.6 is 0 Å². The Morgan fingerprint density at radius 1 is 1.29 bits per heavy atom. The number of benzene rings is 1. The Balaban J connectivity index is 1.47. The molecule has 0 radical (unpaired) electrons. The number of rotatable bonds is 6. The van der Waals surface area contributed by atoms with Gasteiger partial charge < -0.3 is 20.3 Å². The second-order valence-electron chi connectivity index (χ2n) is 7.26. The van der Waals surface area contributed by atoms with Crippen LogP contribution in [0, 0.1) is 12.7 Å². The van der Waals surface area contributed by atoms with E-state index in [9.17, 15) is 9.18 Å². The molecule has 3 heterocycles. The summed E-state index contributed by atoms with van der Waals surface area (Å²) in [6.07, 6.45) is 5.02. The predicted molar refractivity (Wildman–Crippen MR) is 114 cm³/mol. The molecule has 10 heteroatoms. The SMILES string of the molecule is COc1ccc(-c2nc(Nc3cnn(CC(=O)N4CCNCC4)c3)ncc2C)cc1F. The zero-order chi connectivity index (χ0) is 21.8. The largest absolute Gasteiger partial charge is 0.494 e. The van der Waals surface area contributed by atoms with Crippen molar-refractivity contribution in [2.75, 3.05) is 38.6 Å². The lowest BCUT2D eigenvalue weighted by Crippen LogP contribution is -2.47. The number of methoxy groups -OCH3 is 1. The van der Waals surface area contributed by atoms with E-state index >= 15 is 0 Å². The van der Waals surface area contributed by atoms with Crippen molar-refractivity contribution in [2.24, 2.45) is 0 Å². The first kappa shape index (κ1) is 20.7. The maximum atomic E-state index is 14.1. The number of amides is 1. The Kier molecular flexibility index (Phi) is 6.08. The van der Waals surface area contributed by atoms with Gasteiger partial charge in [0.05, 0.1) is 24.7 Å². The maximum absolute atomic E-state index is 14.1. The van der Waals surface area contributed by atoms with E-state index in [2.05, 4.69) is 25.7 Å². The normalized spacial score (nSPS) is 13.8. The van der Waals surface area contributed by atoms with Crippen molar-refractivity contribution in [3.63, 3.8) is 0 Å². The molecule has 0 aliphatic carbocycles. The Morgan fingerprint density at radius 3 is 2.84 bits per heavy atom.